The summed E-state index contributed by atoms with van der Waals surface area (Å²) in [4.78, 5) is 4.02. The minimum Gasteiger partial charge on any atom is -0.431 e. The highest BCUT2D eigenvalue weighted by Crippen LogP contribution is 2.29. The van der Waals surface area contributed by atoms with Crippen molar-refractivity contribution < 1.29 is 4.74 Å². The number of halogens is 1. The number of hydrogen-bond acceptors (Lipinski definition) is 4. The van der Waals surface area contributed by atoms with Crippen molar-refractivity contribution in [1.29, 1.82) is 0 Å². The van der Waals surface area contributed by atoms with Crippen LogP contribution in [0.15, 0.2) is 28.9 Å². The first-order chi connectivity index (χ1) is 7.15. The number of hydrogen-bond donors (Lipinski definition) is 1. The van der Waals surface area contributed by atoms with E-state index in [1.807, 2.05) is 25.1 Å². The van der Waals surface area contributed by atoms with Gasteiger partial charge in [0.05, 0.1) is 6.20 Å². The van der Waals surface area contributed by atoms with Crippen molar-refractivity contribution in [3.05, 3.63) is 34.4 Å². The first kappa shape index (κ1) is 10.4. The van der Waals surface area contributed by atoms with Crippen molar-refractivity contribution >= 4 is 32.3 Å². The molecule has 0 aliphatic heterocycles. The quantitative estimate of drug-likeness (QED) is 0.917. The maximum Gasteiger partial charge on any atom is 0.280 e. The molecule has 5 heteroatoms. The van der Waals surface area contributed by atoms with Crippen molar-refractivity contribution in [2.45, 2.75) is 6.92 Å². The van der Waals surface area contributed by atoms with Crippen LogP contribution in [0, 0.1) is 6.92 Å². The number of thiazole rings is 1. The zero-order chi connectivity index (χ0) is 10.8. The third-order valence-corrected chi connectivity index (χ3v) is 3.43. The summed E-state index contributed by atoms with van der Waals surface area (Å²) < 4.78 is 6.61. The minimum absolute atomic E-state index is 0.564. The van der Waals surface area contributed by atoms with Gasteiger partial charge in [-0.1, -0.05) is 27.3 Å². The molecular formula is C10H9BrN2OS. The molecule has 0 aliphatic rings. The van der Waals surface area contributed by atoms with E-state index in [0.29, 0.717) is 10.2 Å². The molecule has 0 fully saturated rings. The Bertz CT molecular complexity index is 484. The Kier molecular flexibility index (Phi) is 2.93. The molecule has 0 saturated heterocycles. The van der Waals surface area contributed by atoms with Crippen LogP contribution in [0.2, 0.25) is 0 Å². The van der Waals surface area contributed by atoms with E-state index in [-0.39, 0.29) is 0 Å². The maximum absolute atomic E-state index is 5.55. The summed E-state index contributed by atoms with van der Waals surface area (Å²) in [6.07, 6.45) is 1.59. The molecule has 0 unspecified atom stereocenters. The SMILES string of the molecule is Cc1cc(Oc2ncc(N)s2)ccc1Br. The Labute approximate surface area is 100 Å². The van der Waals surface area contributed by atoms with Crippen molar-refractivity contribution in [3.8, 4) is 10.9 Å². The Balaban J connectivity index is 2.21. The van der Waals surface area contributed by atoms with Crippen LogP contribution in [0.3, 0.4) is 0 Å². The lowest BCUT2D eigenvalue weighted by molar-refractivity contribution is 0.478. The number of aryl methyl sites for hydroxylation is 1. The van der Waals surface area contributed by atoms with E-state index < -0.39 is 0 Å². The van der Waals surface area contributed by atoms with E-state index in [1.165, 1.54) is 11.3 Å². The molecule has 0 saturated carbocycles. The fraction of sp³-hybridized carbons (Fsp3) is 0.100. The Morgan fingerprint density at radius 2 is 2.27 bits per heavy atom. The van der Waals surface area contributed by atoms with Gasteiger partial charge in [-0.05, 0) is 30.7 Å². The van der Waals surface area contributed by atoms with Crippen LogP contribution >= 0.6 is 27.3 Å². The average molecular weight is 285 g/mol. The second kappa shape index (κ2) is 4.20. The summed E-state index contributed by atoms with van der Waals surface area (Å²) in [6.45, 7) is 2.01. The lowest BCUT2D eigenvalue weighted by Gasteiger charge is -2.03. The fourth-order valence-corrected chi connectivity index (χ4v) is 1.90. The second-order valence-electron chi connectivity index (χ2n) is 3.04. The lowest BCUT2D eigenvalue weighted by atomic mass is 10.2. The number of rotatable bonds is 2. The molecule has 0 bridgehead atoms. The average Bonchev–Trinajstić information content (AvgIpc) is 2.58. The predicted molar refractivity (Wildman–Crippen MR) is 65.5 cm³/mol. The van der Waals surface area contributed by atoms with E-state index >= 15 is 0 Å². The first-order valence-corrected chi connectivity index (χ1v) is 5.91. The highest BCUT2D eigenvalue weighted by molar-refractivity contribution is 9.10. The van der Waals surface area contributed by atoms with Gasteiger partial charge in [0.2, 0.25) is 0 Å². The topological polar surface area (TPSA) is 48.1 Å². The molecule has 2 rings (SSSR count). The molecule has 0 atom stereocenters. The summed E-state index contributed by atoms with van der Waals surface area (Å²) >= 11 is 4.76. The van der Waals surface area contributed by atoms with Crippen LogP contribution in [-0.2, 0) is 0 Å². The monoisotopic (exact) mass is 284 g/mol. The van der Waals surface area contributed by atoms with E-state index in [0.717, 1.165) is 15.8 Å². The highest BCUT2D eigenvalue weighted by Gasteiger charge is 2.03. The van der Waals surface area contributed by atoms with E-state index in [2.05, 4.69) is 20.9 Å². The molecule has 0 aliphatic carbocycles. The number of anilines is 1. The van der Waals surface area contributed by atoms with Crippen LogP contribution in [0.25, 0.3) is 0 Å². The lowest BCUT2D eigenvalue weighted by Crippen LogP contribution is -1.84. The van der Waals surface area contributed by atoms with E-state index in [1.54, 1.807) is 6.20 Å². The predicted octanol–water partition coefficient (Wildman–Crippen LogP) is 3.59. The number of nitrogens with zero attached hydrogens (tertiary/aromatic N) is 1. The van der Waals surface area contributed by atoms with Crippen LogP contribution in [-0.4, -0.2) is 4.98 Å². The molecule has 1 aromatic carbocycles. The third-order valence-electron chi connectivity index (χ3n) is 1.84. The van der Waals surface area contributed by atoms with Crippen LogP contribution in [0.5, 0.6) is 10.9 Å². The Morgan fingerprint density at radius 3 is 2.87 bits per heavy atom. The van der Waals surface area contributed by atoms with Gasteiger partial charge in [0.25, 0.3) is 5.19 Å². The summed E-state index contributed by atoms with van der Waals surface area (Å²) in [5, 5.41) is 1.22. The maximum atomic E-state index is 5.55. The molecule has 1 aromatic heterocycles. The van der Waals surface area contributed by atoms with Crippen LogP contribution < -0.4 is 10.5 Å². The number of aromatic nitrogens is 1. The zero-order valence-electron chi connectivity index (χ0n) is 8.03. The Morgan fingerprint density at radius 1 is 1.47 bits per heavy atom. The molecule has 0 amide bonds. The number of benzene rings is 1. The Hall–Kier alpha value is -1.07. The first-order valence-electron chi connectivity index (χ1n) is 4.30. The van der Waals surface area contributed by atoms with Gasteiger partial charge in [-0.25, -0.2) is 4.98 Å². The molecule has 0 radical (unpaired) electrons. The van der Waals surface area contributed by atoms with Gasteiger partial charge in [-0.3, -0.25) is 0 Å². The van der Waals surface area contributed by atoms with Crippen molar-refractivity contribution in [2.24, 2.45) is 0 Å². The summed E-state index contributed by atoms with van der Waals surface area (Å²) in [5.74, 6) is 0.769. The van der Waals surface area contributed by atoms with Crippen LogP contribution in [0.4, 0.5) is 5.00 Å². The summed E-state index contributed by atoms with van der Waals surface area (Å²) in [7, 11) is 0. The molecule has 2 aromatic rings. The van der Waals surface area contributed by atoms with Gasteiger partial charge in [0, 0.05) is 4.47 Å². The molecule has 0 spiro atoms. The van der Waals surface area contributed by atoms with Crippen molar-refractivity contribution in [3.63, 3.8) is 0 Å². The number of nitrogens with two attached hydrogens (primary N) is 1. The molecular weight excluding hydrogens is 276 g/mol. The fourth-order valence-electron chi connectivity index (χ4n) is 1.10. The second-order valence-corrected chi connectivity index (χ2v) is 4.92. The van der Waals surface area contributed by atoms with E-state index in [9.17, 15) is 0 Å². The van der Waals surface area contributed by atoms with E-state index in [4.69, 9.17) is 10.5 Å². The molecule has 1 heterocycles. The van der Waals surface area contributed by atoms with Gasteiger partial charge >= 0.3 is 0 Å². The minimum atomic E-state index is 0.564. The van der Waals surface area contributed by atoms with Gasteiger partial charge in [-0.15, -0.1) is 0 Å². The highest BCUT2D eigenvalue weighted by atomic mass is 79.9. The summed E-state index contributed by atoms with van der Waals surface area (Å²) in [5.41, 5.74) is 6.68. The molecule has 2 N–H and O–H groups in total. The normalized spacial score (nSPS) is 10.3. The van der Waals surface area contributed by atoms with Crippen molar-refractivity contribution in [1.82, 2.24) is 4.98 Å². The number of nitrogen functional groups attached to an aromatic ring is 1. The third kappa shape index (κ3) is 2.49. The molecule has 78 valence electrons. The zero-order valence-corrected chi connectivity index (χ0v) is 10.4. The van der Waals surface area contributed by atoms with Gasteiger partial charge in [0.15, 0.2) is 0 Å². The number of ether oxygens (including phenoxy) is 1. The molecule has 15 heavy (non-hydrogen) atoms. The van der Waals surface area contributed by atoms with Crippen molar-refractivity contribution in [2.75, 3.05) is 5.73 Å². The van der Waals surface area contributed by atoms with Gasteiger partial charge < -0.3 is 10.5 Å². The largest absolute Gasteiger partial charge is 0.431 e. The smallest absolute Gasteiger partial charge is 0.280 e. The van der Waals surface area contributed by atoms with Gasteiger partial charge in [0.1, 0.15) is 10.8 Å². The van der Waals surface area contributed by atoms with Gasteiger partial charge in [-0.2, -0.15) is 0 Å². The standard InChI is InChI=1S/C10H9BrN2OS/c1-6-4-7(2-3-8(6)11)14-10-13-5-9(12)15-10/h2-5H,12H2,1H3. The van der Waals surface area contributed by atoms with Crippen LogP contribution in [0.1, 0.15) is 5.56 Å². The summed E-state index contributed by atoms with van der Waals surface area (Å²) in [6, 6.07) is 5.78. The molecule has 3 nitrogen and oxygen atoms in total.